The van der Waals surface area contributed by atoms with E-state index >= 15 is 0 Å². The van der Waals surface area contributed by atoms with Crippen molar-refractivity contribution in [3.05, 3.63) is 60.2 Å². The Labute approximate surface area is 126 Å². The second-order valence-corrected chi connectivity index (χ2v) is 4.84. The van der Waals surface area contributed by atoms with Crippen LogP contribution in [0.15, 0.2) is 54.6 Å². The third-order valence-corrected chi connectivity index (χ3v) is 3.51. The van der Waals surface area contributed by atoms with E-state index in [-0.39, 0.29) is 5.91 Å². The molecule has 0 spiro atoms. The molecule has 1 N–H and O–H groups in total. The van der Waals surface area contributed by atoms with Crippen LogP contribution in [-0.4, -0.2) is 19.0 Å². The lowest BCUT2D eigenvalue weighted by Crippen LogP contribution is -2.35. The summed E-state index contributed by atoms with van der Waals surface area (Å²) in [5, 5.41) is 3.26. The molecule has 0 bridgehead atoms. The molecule has 0 atom stereocenters. The summed E-state index contributed by atoms with van der Waals surface area (Å²) in [4.78, 5) is 14.2. The van der Waals surface area contributed by atoms with Crippen LogP contribution in [0.4, 0.5) is 11.4 Å². The van der Waals surface area contributed by atoms with Crippen LogP contribution in [0.3, 0.4) is 0 Å². The molecule has 0 saturated heterocycles. The first kappa shape index (κ1) is 15.1. The van der Waals surface area contributed by atoms with Crippen LogP contribution in [0, 0.1) is 0 Å². The number of para-hydroxylation sites is 2. The van der Waals surface area contributed by atoms with E-state index in [1.165, 1.54) is 5.56 Å². The molecule has 3 heteroatoms. The molecule has 2 aromatic carbocycles. The van der Waals surface area contributed by atoms with Crippen LogP contribution in [0.1, 0.15) is 19.4 Å². The molecular formula is C18H22N2O. The first-order valence-corrected chi connectivity index (χ1v) is 7.43. The van der Waals surface area contributed by atoms with Crippen LogP contribution < -0.4 is 10.2 Å². The van der Waals surface area contributed by atoms with Crippen LogP contribution in [0.25, 0.3) is 0 Å². The second-order valence-electron chi connectivity index (χ2n) is 4.84. The zero-order chi connectivity index (χ0) is 15.1. The smallest absolute Gasteiger partial charge is 0.246 e. The standard InChI is InChI=1S/C18H22N2O/c1-3-15-10-8-9-13-17(15)19-14-18(21)20(4-2)16-11-6-5-7-12-16/h5-13,19H,3-4,14H2,1-2H3. The topological polar surface area (TPSA) is 32.3 Å². The molecule has 0 heterocycles. The molecule has 0 saturated carbocycles. The Bertz CT molecular complexity index is 581. The number of rotatable bonds is 6. The summed E-state index contributed by atoms with van der Waals surface area (Å²) >= 11 is 0. The van der Waals surface area contributed by atoms with Crippen LogP contribution in [0.2, 0.25) is 0 Å². The predicted octanol–water partition coefficient (Wildman–Crippen LogP) is 3.71. The molecule has 2 rings (SSSR count). The van der Waals surface area contributed by atoms with E-state index in [1.54, 1.807) is 4.90 Å². The normalized spacial score (nSPS) is 10.2. The highest BCUT2D eigenvalue weighted by Crippen LogP contribution is 2.16. The van der Waals surface area contributed by atoms with E-state index in [0.717, 1.165) is 17.8 Å². The van der Waals surface area contributed by atoms with Gasteiger partial charge in [-0.2, -0.15) is 0 Å². The Balaban J connectivity index is 2.03. The highest BCUT2D eigenvalue weighted by atomic mass is 16.2. The number of carbonyl (C=O) groups excluding carboxylic acids is 1. The zero-order valence-corrected chi connectivity index (χ0v) is 12.7. The van der Waals surface area contributed by atoms with Gasteiger partial charge >= 0.3 is 0 Å². The van der Waals surface area contributed by atoms with Gasteiger partial charge in [-0.25, -0.2) is 0 Å². The molecule has 0 aliphatic carbocycles. The van der Waals surface area contributed by atoms with Crippen LogP contribution in [0.5, 0.6) is 0 Å². The van der Waals surface area contributed by atoms with Crippen molar-refractivity contribution in [2.24, 2.45) is 0 Å². The maximum atomic E-state index is 12.4. The fourth-order valence-electron chi connectivity index (χ4n) is 2.38. The van der Waals surface area contributed by atoms with E-state index in [1.807, 2.05) is 55.5 Å². The summed E-state index contributed by atoms with van der Waals surface area (Å²) < 4.78 is 0. The number of nitrogens with zero attached hydrogens (tertiary/aromatic N) is 1. The minimum absolute atomic E-state index is 0.0783. The Hall–Kier alpha value is -2.29. The molecule has 0 aromatic heterocycles. The third kappa shape index (κ3) is 3.85. The summed E-state index contributed by atoms with van der Waals surface area (Å²) in [5.41, 5.74) is 3.21. The van der Waals surface area contributed by atoms with Crippen molar-refractivity contribution in [3.63, 3.8) is 0 Å². The van der Waals surface area contributed by atoms with Gasteiger partial charge in [0.05, 0.1) is 6.54 Å². The van der Waals surface area contributed by atoms with Crippen molar-refractivity contribution >= 4 is 17.3 Å². The number of amides is 1. The number of hydrogen-bond donors (Lipinski definition) is 1. The van der Waals surface area contributed by atoms with Gasteiger partial charge in [0.2, 0.25) is 5.91 Å². The molecular weight excluding hydrogens is 260 g/mol. The van der Waals surface area contributed by atoms with Gasteiger partial charge in [0, 0.05) is 17.9 Å². The number of hydrogen-bond acceptors (Lipinski definition) is 2. The van der Waals surface area contributed by atoms with Crippen LogP contribution in [-0.2, 0) is 11.2 Å². The maximum absolute atomic E-state index is 12.4. The van der Waals surface area contributed by atoms with Gasteiger partial charge in [0.1, 0.15) is 0 Å². The van der Waals surface area contributed by atoms with E-state index in [4.69, 9.17) is 0 Å². The molecule has 2 aromatic rings. The third-order valence-electron chi connectivity index (χ3n) is 3.51. The fraction of sp³-hybridized carbons (Fsp3) is 0.278. The average molecular weight is 282 g/mol. The summed E-state index contributed by atoms with van der Waals surface area (Å²) in [5.74, 6) is 0.0783. The Morgan fingerprint density at radius 2 is 1.67 bits per heavy atom. The van der Waals surface area contributed by atoms with E-state index in [2.05, 4.69) is 18.3 Å². The summed E-state index contributed by atoms with van der Waals surface area (Å²) in [6.07, 6.45) is 0.952. The highest BCUT2D eigenvalue weighted by molar-refractivity contribution is 5.96. The number of likely N-dealkylation sites (N-methyl/N-ethyl adjacent to an activating group) is 1. The second kappa shape index (κ2) is 7.48. The van der Waals surface area contributed by atoms with Crippen molar-refractivity contribution in [3.8, 4) is 0 Å². The lowest BCUT2D eigenvalue weighted by molar-refractivity contribution is -0.116. The number of nitrogens with one attached hydrogen (secondary N) is 1. The quantitative estimate of drug-likeness (QED) is 0.876. The number of carbonyl (C=O) groups is 1. The number of aryl methyl sites for hydroxylation is 1. The molecule has 0 unspecified atom stereocenters. The van der Waals surface area contributed by atoms with Crippen molar-refractivity contribution in [1.29, 1.82) is 0 Å². The summed E-state index contributed by atoms with van der Waals surface area (Å²) in [6.45, 7) is 5.08. The minimum Gasteiger partial charge on any atom is -0.376 e. The minimum atomic E-state index is 0.0783. The van der Waals surface area contributed by atoms with E-state index in [0.29, 0.717) is 13.1 Å². The van der Waals surface area contributed by atoms with Crippen molar-refractivity contribution in [2.45, 2.75) is 20.3 Å². The van der Waals surface area contributed by atoms with Crippen molar-refractivity contribution < 1.29 is 4.79 Å². The zero-order valence-electron chi connectivity index (χ0n) is 12.7. The summed E-state index contributed by atoms with van der Waals surface area (Å²) in [7, 11) is 0. The van der Waals surface area contributed by atoms with Gasteiger partial charge in [-0.3, -0.25) is 4.79 Å². The lowest BCUT2D eigenvalue weighted by Gasteiger charge is -2.22. The average Bonchev–Trinajstić information content (AvgIpc) is 2.55. The Morgan fingerprint density at radius 3 is 2.33 bits per heavy atom. The molecule has 0 fully saturated rings. The van der Waals surface area contributed by atoms with Crippen molar-refractivity contribution in [1.82, 2.24) is 0 Å². The Kier molecular flexibility index (Phi) is 5.38. The van der Waals surface area contributed by atoms with Gasteiger partial charge in [-0.1, -0.05) is 43.3 Å². The lowest BCUT2D eigenvalue weighted by atomic mass is 10.1. The first-order chi connectivity index (χ1) is 10.3. The number of benzene rings is 2. The largest absolute Gasteiger partial charge is 0.376 e. The maximum Gasteiger partial charge on any atom is 0.246 e. The predicted molar refractivity (Wildman–Crippen MR) is 88.8 cm³/mol. The molecule has 110 valence electrons. The van der Waals surface area contributed by atoms with Crippen LogP contribution >= 0.6 is 0 Å². The fourth-order valence-corrected chi connectivity index (χ4v) is 2.38. The number of anilines is 2. The molecule has 3 nitrogen and oxygen atoms in total. The van der Waals surface area contributed by atoms with Gasteiger partial charge < -0.3 is 10.2 Å². The van der Waals surface area contributed by atoms with Gasteiger partial charge in [-0.05, 0) is 37.1 Å². The summed E-state index contributed by atoms with van der Waals surface area (Å²) in [6, 6.07) is 17.9. The monoisotopic (exact) mass is 282 g/mol. The van der Waals surface area contributed by atoms with E-state index in [9.17, 15) is 4.79 Å². The van der Waals surface area contributed by atoms with Gasteiger partial charge in [0.15, 0.2) is 0 Å². The molecule has 21 heavy (non-hydrogen) atoms. The molecule has 1 amide bonds. The first-order valence-electron chi connectivity index (χ1n) is 7.43. The van der Waals surface area contributed by atoms with Crippen molar-refractivity contribution in [2.75, 3.05) is 23.3 Å². The van der Waals surface area contributed by atoms with Gasteiger partial charge in [-0.15, -0.1) is 0 Å². The Morgan fingerprint density at radius 1 is 1.00 bits per heavy atom. The molecule has 0 radical (unpaired) electrons. The van der Waals surface area contributed by atoms with Gasteiger partial charge in [0.25, 0.3) is 0 Å². The highest BCUT2D eigenvalue weighted by Gasteiger charge is 2.13. The SMILES string of the molecule is CCc1ccccc1NCC(=O)N(CC)c1ccccc1. The molecule has 0 aliphatic rings. The van der Waals surface area contributed by atoms with E-state index < -0.39 is 0 Å². The molecule has 0 aliphatic heterocycles.